The van der Waals surface area contributed by atoms with Crippen LogP contribution in [-0.4, -0.2) is 37.0 Å². The average molecular weight is 319 g/mol. The standard InChI is InChI=1S/C17H21NO3S/c1-18(16-8-4-5-9-17(16)19)22(20,21)15-11-10-13-6-2-3-7-14(13)12-15/h2-3,6-7,10-12,16-17,19H,4-5,8-9H2,1H3/t16-,17-/m1/s1. The van der Waals surface area contributed by atoms with Crippen LogP contribution < -0.4 is 0 Å². The van der Waals surface area contributed by atoms with Crippen molar-refractivity contribution in [2.75, 3.05) is 7.05 Å². The number of aliphatic hydroxyl groups is 1. The van der Waals surface area contributed by atoms with Gasteiger partial charge in [-0.25, -0.2) is 8.42 Å². The van der Waals surface area contributed by atoms with Crippen molar-refractivity contribution in [2.45, 2.75) is 42.7 Å². The van der Waals surface area contributed by atoms with Crippen molar-refractivity contribution in [3.8, 4) is 0 Å². The third kappa shape index (κ3) is 2.76. The Morgan fingerprint density at radius 1 is 1.05 bits per heavy atom. The zero-order chi connectivity index (χ0) is 15.7. The minimum Gasteiger partial charge on any atom is -0.391 e. The van der Waals surface area contributed by atoms with Crippen molar-refractivity contribution in [1.29, 1.82) is 0 Å². The summed E-state index contributed by atoms with van der Waals surface area (Å²) in [4.78, 5) is 0.284. The first-order chi connectivity index (χ1) is 10.5. The van der Waals surface area contributed by atoms with Crippen LogP contribution in [0.4, 0.5) is 0 Å². The SMILES string of the molecule is CN([C@@H]1CCCC[C@H]1O)S(=O)(=O)c1ccc2ccccc2c1. The second kappa shape index (κ2) is 5.99. The maximum atomic E-state index is 12.8. The first-order valence-corrected chi connectivity index (χ1v) is 9.09. The van der Waals surface area contributed by atoms with E-state index in [9.17, 15) is 13.5 Å². The molecule has 3 rings (SSSR count). The van der Waals surface area contributed by atoms with Crippen molar-refractivity contribution in [3.05, 3.63) is 42.5 Å². The number of likely N-dealkylation sites (N-methyl/N-ethyl adjacent to an activating group) is 1. The van der Waals surface area contributed by atoms with Crippen LogP contribution in [0, 0.1) is 0 Å². The van der Waals surface area contributed by atoms with Crippen molar-refractivity contribution in [2.24, 2.45) is 0 Å². The van der Waals surface area contributed by atoms with Crippen LogP contribution in [0.2, 0.25) is 0 Å². The number of benzene rings is 2. The Bertz CT molecular complexity index is 772. The molecule has 0 saturated heterocycles. The van der Waals surface area contributed by atoms with Gasteiger partial charge in [0.2, 0.25) is 10.0 Å². The van der Waals surface area contributed by atoms with Gasteiger partial charge in [-0.3, -0.25) is 0 Å². The van der Waals surface area contributed by atoms with E-state index >= 15 is 0 Å². The summed E-state index contributed by atoms with van der Waals surface area (Å²) in [7, 11) is -2.02. The predicted octanol–water partition coefficient (Wildman–Crippen LogP) is 2.76. The molecule has 1 N–H and O–H groups in total. The van der Waals surface area contributed by atoms with Crippen LogP contribution in [0.25, 0.3) is 10.8 Å². The van der Waals surface area contributed by atoms with E-state index in [1.807, 2.05) is 30.3 Å². The number of rotatable bonds is 3. The summed E-state index contributed by atoms with van der Waals surface area (Å²) in [6.45, 7) is 0. The van der Waals surface area contributed by atoms with Gasteiger partial charge >= 0.3 is 0 Å². The molecule has 4 nitrogen and oxygen atoms in total. The monoisotopic (exact) mass is 319 g/mol. The molecule has 0 amide bonds. The van der Waals surface area contributed by atoms with Gasteiger partial charge in [0, 0.05) is 7.05 Å². The second-order valence-electron chi connectivity index (χ2n) is 5.95. The van der Waals surface area contributed by atoms with Gasteiger partial charge in [0.1, 0.15) is 0 Å². The Balaban J connectivity index is 1.96. The molecule has 118 valence electrons. The Morgan fingerprint density at radius 2 is 1.73 bits per heavy atom. The predicted molar refractivity (Wildman–Crippen MR) is 87.2 cm³/mol. The molecule has 0 heterocycles. The normalized spacial score (nSPS) is 23.0. The van der Waals surface area contributed by atoms with Gasteiger partial charge in [0.25, 0.3) is 0 Å². The number of nitrogens with zero attached hydrogens (tertiary/aromatic N) is 1. The van der Waals surface area contributed by atoms with Crippen LogP contribution >= 0.6 is 0 Å². The number of aliphatic hydroxyl groups excluding tert-OH is 1. The van der Waals surface area contributed by atoms with E-state index in [1.165, 1.54) is 4.31 Å². The Kier molecular flexibility index (Phi) is 4.21. The highest BCUT2D eigenvalue weighted by molar-refractivity contribution is 7.89. The van der Waals surface area contributed by atoms with E-state index in [0.29, 0.717) is 12.8 Å². The van der Waals surface area contributed by atoms with E-state index in [4.69, 9.17) is 0 Å². The molecule has 0 bridgehead atoms. The third-order valence-corrected chi connectivity index (χ3v) is 6.44. The topological polar surface area (TPSA) is 57.6 Å². The van der Waals surface area contributed by atoms with Gasteiger partial charge in [0.05, 0.1) is 17.0 Å². The smallest absolute Gasteiger partial charge is 0.243 e. The molecule has 2 atom stereocenters. The number of sulfonamides is 1. The molecule has 5 heteroatoms. The van der Waals surface area contributed by atoms with E-state index in [1.54, 1.807) is 19.2 Å². The van der Waals surface area contributed by atoms with Gasteiger partial charge in [-0.1, -0.05) is 43.2 Å². The number of hydrogen-bond acceptors (Lipinski definition) is 3. The summed E-state index contributed by atoms with van der Waals surface area (Å²) in [5.41, 5.74) is 0. The summed E-state index contributed by atoms with van der Waals surface area (Å²) < 4.78 is 27.0. The molecule has 0 aromatic heterocycles. The molecule has 1 saturated carbocycles. The van der Waals surface area contributed by atoms with Crippen LogP contribution in [-0.2, 0) is 10.0 Å². The van der Waals surface area contributed by atoms with E-state index in [-0.39, 0.29) is 10.9 Å². The minimum absolute atomic E-state index is 0.284. The minimum atomic E-state index is -3.59. The van der Waals surface area contributed by atoms with E-state index < -0.39 is 16.1 Å². The number of hydrogen-bond donors (Lipinski definition) is 1. The highest BCUT2D eigenvalue weighted by Crippen LogP contribution is 2.28. The fourth-order valence-corrected chi connectivity index (χ4v) is 4.64. The largest absolute Gasteiger partial charge is 0.391 e. The highest BCUT2D eigenvalue weighted by Gasteiger charge is 2.34. The van der Waals surface area contributed by atoms with Crippen LogP contribution in [0.5, 0.6) is 0 Å². The quantitative estimate of drug-likeness (QED) is 0.946. The molecule has 0 radical (unpaired) electrons. The Hall–Kier alpha value is -1.43. The van der Waals surface area contributed by atoms with Gasteiger partial charge in [-0.2, -0.15) is 4.31 Å². The summed E-state index contributed by atoms with van der Waals surface area (Å²) in [6, 6.07) is 12.5. The summed E-state index contributed by atoms with van der Waals surface area (Å²) in [6.07, 6.45) is 2.72. The molecule has 1 aliphatic carbocycles. The molecule has 0 spiro atoms. The second-order valence-corrected chi connectivity index (χ2v) is 7.95. The lowest BCUT2D eigenvalue weighted by Crippen LogP contribution is -2.46. The van der Waals surface area contributed by atoms with Gasteiger partial charge < -0.3 is 5.11 Å². The van der Waals surface area contributed by atoms with Crippen molar-refractivity contribution in [3.63, 3.8) is 0 Å². The lowest BCUT2D eigenvalue weighted by atomic mass is 9.93. The van der Waals surface area contributed by atoms with Gasteiger partial charge in [-0.05, 0) is 35.7 Å². The highest BCUT2D eigenvalue weighted by atomic mass is 32.2. The molecule has 2 aromatic carbocycles. The van der Waals surface area contributed by atoms with Crippen molar-refractivity contribution < 1.29 is 13.5 Å². The lowest BCUT2D eigenvalue weighted by Gasteiger charge is -2.34. The maximum absolute atomic E-state index is 12.8. The first-order valence-electron chi connectivity index (χ1n) is 7.65. The molecular weight excluding hydrogens is 298 g/mol. The zero-order valence-electron chi connectivity index (χ0n) is 12.6. The van der Waals surface area contributed by atoms with Gasteiger partial charge in [0.15, 0.2) is 0 Å². The lowest BCUT2D eigenvalue weighted by molar-refractivity contribution is 0.0638. The average Bonchev–Trinajstić information content (AvgIpc) is 2.54. The first kappa shape index (κ1) is 15.5. The Morgan fingerprint density at radius 3 is 2.45 bits per heavy atom. The number of fused-ring (bicyclic) bond motifs is 1. The molecule has 0 aliphatic heterocycles. The fourth-order valence-electron chi connectivity index (χ4n) is 3.19. The summed E-state index contributed by atoms with van der Waals surface area (Å²) >= 11 is 0. The zero-order valence-corrected chi connectivity index (χ0v) is 13.5. The summed E-state index contributed by atoms with van der Waals surface area (Å²) in [5, 5.41) is 12.0. The molecule has 1 fully saturated rings. The van der Waals surface area contributed by atoms with Crippen LogP contribution in [0.15, 0.2) is 47.4 Å². The van der Waals surface area contributed by atoms with Crippen LogP contribution in [0.1, 0.15) is 25.7 Å². The molecule has 22 heavy (non-hydrogen) atoms. The maximum Gasteiger partial charge on any atom is 0.243 e. The van der Waals surface area contributed by atoms with E-state index in [2.05, 4.69) is 0 Å². The molecule has 2 aromatic rings. The molecule has 1 aliphatic rings. The van der Waals surface area contributed by atoms with Crippen LogP contribution in [0.3, 0.4) is 0 Å². The van der Waals surface area contributed by atoms with Crippen molar-refractivity contribution in [1.82, 2.24) is 4.31 Å². The fraction of sp³-hybridized carbons (Fsp3) is 0.412. The molecular formula is C17H21NO3S. The third-order valence-electron chi connectivity index (χ3n) is 4.56. The van der Waals surface area contributed by atoms with E-state index in [0.717, 1.165) is 23.6 Å². The molecule has 0 unspecified atom stereocenters. The van der Waals surface area contributed by atoms with Gasteiger partial charge in [-0.15, -0.1) is 0 Å². The Labute approximate surface area is 131 Å². The summed E-state index contributed by atoms with van der Waals surface area (Å²) in [5.74, 6) is 0. The van der Waals surface area contributed by atoms with Crippen molar-refractivity contribution >= 4 is 20.8 Å².